The Kier molecular flexibility index (Phi) is 8.32. The minimum Gasteiger partial charge on any atom is -0.480 e. The van der Waals surface area contributed by atoms with E-state index in [0.29, 0.717) is 5.69 Å². The lowest BCUT2D eigenvalue weighted by Gasteiger charge is -2.03. The van der Waals surface area contributed by atoms with Gasteiger partial charge in [0.15, 0.2) is 0 Å². The van der Waals surface area contributed by atoms with Crippen LogP contribution in [0.5, 0.6) is 0 Å². The Morgan fingerprint density at radius 2 is 2.14 bits per heavy atom. The molecule has 0 aliphatic heterocycles. The van der Waals surface area contributed by atoms with Crippen molar-refractivity contribution < 1.29 is 9.90 Å². The third kappa shape index (κ3) is 4.96. The monoisotopic (exact) mass is 239 g/mol. The van der Waals surface area contributed by atoms with E-state index in [9.17, 15) is 4.79 Å². The number of carboxylic acids is 1. The lowest BCUT2D eigenvalue weighted by Crippen LogP contribution is -2.32. The van der Waals surface area contributed by atoms with Gasteiger partial charge in [-0.05, 0) is 0 Å². The number of aromatic nitrogens is 2. The van der Waals surface area contributed by atoms with E-state index < -0.39 is 12.0 Å². The quantitative estimate of drug-likeness (QED) is 0.791. The average molecular weight is 240 g/mol. The predicted molar refractivity (Wildman–Crippen MR) is 55.8 cm³/mol. The lowest BCUT2D eigenvalue weighted by molar-refractivity contribution is -0.138. The molecule has 1 heterocycles. The lowest BCUT2D eigenvalue weighted by atomic mass is 10.2. The minimum absolute atomic E-state index is 0. The van der Waals surface area contributed by atoms with E-state index in [4.69, 9.17) is 10.8 Å². The van der Waals surface area contributed by atoms with Crippen LogP contribution >= 0.6 is 24.8 Å². The van der Waals surface area contributed by atoms with Gasteiger partial charge in [-0.1, -0.05) is 0 Å². The van der Waals surface area contributed by atoms with Gasteiger partial charge in [-0.15, -0.1) is 24.8 Å². The first-order valence-electron chi connectivity index (χ1n) is 3.43. The van der Waals surface area contributed by atoms with E-state index in [1.54, 1.807) is 0 Å². The molecule has 0 aliphatic carbocycles. The molecule has 3 N–H and O–H groups in total. The first kappa shape index (κ1) is 15.6. The summed E-state index contributed by atoms with van der Waals surface area (Å²) in [6, 6.07) is -0.901. The second-order valence-corrected chi connectivity index (χ2v) is 2.35. The smallest absolute Gasteiger partial charge is 0.320 e. The number of carbonyl (C=O) groups is 1. The molecule has 80 valence electrons. The molecule has 1 aromatic rings. The van der Waals surface area contributed by atoms with Crippen LogP contribution in [0.15, 0.2) is 18.6 Å². The number of nitrogens with zero attached hydrogens (tertiary/aromatic N) is 2. The van der Waals surface area contributed by atoms with Gasteiger partial charge in [-0.2, -0.15) is 0 Å². The summed E-state index contributed by atoms with van der Waals surface area (Å²) in [5.74, 6) is -1.03. The van der Waals surface area contributed by atoms with Gasteiger partial charge < -0.3 is 10.8 Å². The molecule has 7 heteroatoms. The molecule has 0 saturated carbocycles. The van der Waals surface area contributed by atoms with Gasteiger partial charge >= 0.3 is 5.97 Å². The molecule has 0 unspecified atom stereocenters. The van der Waals surface area contributed by atoms with Crippen molar-refractivity contribution in [2.24, 2.45) is 5.73 Å². The van der Waals surface area contributed by atoms with Gasteiger partial charge in [0.1, 0.15) is 6.04 Å². The predicted octanol–water partition coefficient (Wildman–Crippen LogP) is 0.275. The second-order valence-electron chi connectivity index (χ2n) is 2.35. The number of rotatable bonds is 3. The van der Waals surface area contributed by atoms with Crippen LogP contribution in [0.2, 0.25) is 0 Å². The molecule has 0 radical (unpaired) electrons. The summed E-state index contributed by atoms with van der Waals surface area (Å²) in [5.41, 5.74) is 5.87. The molecule has 0 bridgehead atoms. The zero-order valence-corrected chi connectivity index (χ0v) is 8.79. The topological polar surface area (TPSA) is 89.1 Å². The number of hydrogen-bond donors (Lipinski definition) is 2. The normalized spacial score (nSPS) is 10.6. The molecule has 0 spiro atoms. The molecule has 1 aromatic heterocycles. The molecule has 14 heavy (non-hydrogen) atoms. The van der Waals surface area contributed by atoms with Crippen LogP contribution in [0.1, 0.15) is 5.69 Å². The summed E-state index contributed by atoms with van der Waals surface area (Å²) in [7, 11) is 0. The van der Waals surface area contributed by atoms with Crippen LogP contribution in [0, 0.1) is 0 Å². The Balaban J connectivity index is 0. The highest BCUT2D eigenvalue weighted by atomic mass is 35.5. The summed E-state index contributed by atoms with van der Waals surface area (Å²) in [5, 5.41) is 8.47. The van der Waals surface area contributed by atoms with E-state index in [0.717, 1.165) is 0 Å². The Morgan fingerprint density at radius 1 is 1.50 bits per heavy atom. The van der Waals surface area contributed by atoms with E-state index in [1.807, 2.05) is 0 Å². The zero-order chi connectivity index (χ0) is 8.97. The Hall–Kier alpha value is -0.910. The number of halogens is 2. The van der Waals surface area contributed by atoms with Crippen molar-refractivity contribution in [3.8, 4) is 0 Å². The average Bonchev–Trinajstić information content (AvgIpc) is 2.06. The Labute approximate surface area is 93.6 Å². The third-order valence-electron chi connectivity index (χ3n) is 1.36. The van der Waals surface area contributed by atoms with Crippen LogP contribution in [0.25, 0.3) is 0 Å². The summed E-state index contributed by atoms with van der Waals surface area (Å²) in [6.07, 6.45) is 4.74. The maximum Gasteiger partial charge on any atom is 0.320 e. The SMILES string of the molecule is Cl.Cl.N[C@H](Cc1cnccn1)C(=O)O. The molecular weight excluding hydrogens is 229 g/mol. The standard InChI is InChI=1S/C7H9N3O2.2ClH/c8-6(7(11)12)3-5-4-9-1-2-10-5;;/h1-2,4,6H,3,8H2,(H,11,12);2*1H/t6-;;/m1../s1. The molecule has 0 saturated heterocycles. The van der Waals surface area contributed by atoms with Crippen molar-refractivity contribution in [2.45, 2.75) is 12.5 Å². The van der Waals surface area contributed by atoms with Crippen molar-refractivity contribution in [1.82, 2.24) is 9.97 Å². The van der Waals surface area contributed by atoms with Gasteiger partial charge in [0.2, 0.25) is 0 Å². The van der Waals surface area contributed by atoms with Crippen molar-refractivity contribution in [1.29, 1.82) is 0 Å². The highest BCUT2D eigenvalue weighted by Gasteiger charge is 2.12. The molecule has 0 aliphatic rings. The summed E-state index contributed by atoms with van der Waals surface area (Å²) in [6.45, 7) is 0. The molecule has 0 amide bonds. The minimum atomic E-state index is -1.03. The number of hydrogen-bond acceptors (Lipinski definition) is 4. The fourth-order valence-electron chi connectivity index (χ4n) is 0.748. The highest BCUT2D eigenvalue weighted by Crippen LogP contribution is 1.94. The van der Waals surface area contributed by atoms with Crippen LogP contribution in [0.4, 0.5) is 0 Å². The summed E-state index contributed by atoms with van der Waals surface area (Å²) >= 11 is 0. The number of carboxylic acid groups (broad SMARTS) is 1. The van der Waals surface area contributed by atoms with Gasteiger partial charge in [0.25, 0.3) is 0 Å². The maximum atomic E-state index is 10.3. The van der Waals surface area contributed by atoms with Crippen LogP contribution in [0.3, 0.4) is 0 Å². The van der Waals surface area contributed by atoms with E-state index >= 15 is 0 Å². The van der Waals surface area contributed by atoms with Gasteiger partial charge in [-0.25, -0.2) is 0 Å². The first-order chi connectivity index (χ1) is 5.70. The van der Waals surface area contributed by atoms with Gasteiger partial charge in [0, 0.05) is 25.0 Å². The second kappa shape index (κ2) is 7.49. The van der Waals surface area contributed by atoms with Crippen LogP contribution < -0.4 is 5.73 Å². The molecule has 1 atom stereocenters. The Bertz CT molecular complexity index is 271. The van der Waals surface area contributed by atoms with Gasteiger partial charge in [0.05, 0.1) is 5.69 Å². The van der Waals surface area contributed by atoms with E-state index in [2.05, 4.69) is 9.97 Å². The summed E-state index contributed by atoms with van der Waals surface area (Å²) < 4.78 is 0. The van der Waals surface area contributed by atoms with E-state index in [1.165, 1.54) is 18.6 Å². The summed E-state index contributed by atoms with van der Waals surface area (Å²) in [4.78, 5) is 18.0. The Morgan fingerprint density at radius 3 is 2.57 bits per heavy atom. The van der Waals surface area contributed by atoms with Crippen LogP contribution in [-0.4, -0.2) is 27.1 Å². The largest absolute Gasteiger partial charge is 0.480 e. The third-order valence-corrected chi connectivity index (χ3v) is 1.36. The maximum absolute atomic E-state index is 10.3. The van der Waals surface area contributed by atoms with Crippen molar-refractivity contribution in [2.75, 3.05) is 0 Å². The number of aliphatic carboxylic acids is 1. The molecule has 0 aromatic carbocycles. The first-order valence-corrected chi connectivity index (χ1v) is 3.43. The molecule has 1 rings (SSSR count). The molecular formula is C7H11Cl2N3O2. The molecule has 0 fully saturated rings. The zero-order valence-electron chi connectivity index (χ0n) is 7.16. The fourth-order valence-corrected chi connectivity index (χ4v) is 0.748. The molecule has 5 nitrogen and oxygen atoms in total. The van der Waals surface area contributed by atoms with Crippen LogP contribution in [-0.2, 0) is 11.2 Å². The van der Waals surface area contributed by atoms with Gasteiger partial charge in [-0.3, -0.25) is 14.8 Å². The highest BCUT2D eigenvalue weighted by molar-refractivity contribution is 5.85. The van der Waals surface area contributed by atoms with Crippen molar-refractivity contribution >= 4 is 30.8 Å². The van der Waals surface area contributed by atoms with Crippen molar-refractivity contribution in [3.05, 3.63) is 24.3 Å². The fraction of sp³-hybridized carbons (Fsp3) is 0.286. The number of nitrogens with two attached hydrogens (primary N) is 1. The van der Waals surface area contributed by atoms with Crippen molar-refractivity contribution in [3.63, 3.8) is 0 Å². The van der Waals surface area contributed by atoms with E-state index in [-0.39, 0.29) is 31.2 Å².